The number of carboxylic acids is 1. The largest absolute Gasteiger partial charge is 0.480 e. The van der Waals surface area contributed by atoms with Gasteiger partial charge in [-0.25, -0.2) is 4.34 Å². The third kappa shape index (κ3) is 3.03. The van der Waals surface area contributed by atoms with Gasteiger partial charge in [-0.1, -0.05) is 22.9 Å². The molecule has 0 radical (unpaired) electrons. The third-order valence-corrected chi connectivity index (χ3v) is 3.25. The van der Waals surface area contributed by atoms with E-state index in [2.05, 4.69) is 36.4 Å². The zero-order chi connectivity index (χ0) is 9.61. The molecular formula is C7H13Br2NO2. The molecule has 2 N–H and O–H groups in total. The van der Waals surface area contributed by atoms with Crippen molar-refractivity contribution < 1.29 is 9.90 Å². The first kappa shape index (κ1) is 12.4. The average Bonchev–Trinajstić information content (AvgIpc) is 2.07. The SMILES string of the molecule is CC[C@@](CCCBr)(NBr)C(=O)O. The number of aliphatic carboxylic acids is 1. The second kappa shape index (κ2) is 5.94. The van der Waals surface area contributed by atoms with E-state index in [-0.39, 0.29) is 0 Å². The van der Waals surface area contributed by atoms with Crippen LogP contribution in [0, 0.1) is 0 Å². The molecule has 0 aliphatic heterocycles. The second-order valence-corrected chi connectivity index (χ2v) is 3.82. The van der Waals surface area contributed by atoms with E-state index in [1.165, 1.54) is 0 Å². The molecule has 12 heavy (non-hydrogen) atoms. The van der Waals surface area contributed by atoms with E-state index in [4.69, 9.17) is 5.11 Å². The van der Waals surface area contributed by atoms with Crippen molar-refractivity contribution in [1.29, 1.82) is 0 Å². The summed E-state index contributed by atoms with van der Waals surface area (Å²) in [5, 5.41) is 9.77. The minimum Gasteiger partial charge on any atom is -0.480 e. The van der Waals surface area contributed by atoms with Gasteiger partial charge in [-0.3, -0.25) is 4.79 Å². The highest BCUT2D eigenvalue weighted by Crippen LogP contribution is 2.19. The molecule has 0 aliphatic rings. The van der Waals surface area contributed by atoms with Gasteiger partial charge in [-0.2, -0.15) is 0 Å². The molecule has 0 aliphatic carbocycles. The van der Waals surface area contributed by atoms with Crippen molar-refractivity contribution in [2.45, 2.75) is 31.7 Å². The lowest BCUT2D eigenvalue weighted by Crippen LogP contribution is -2.47. The smallest absolute Gasteiger partial charge is 0.324 e. The summed E-state index contributed by atoms with van der Waals surface area (Å²) in [5.41, 5.74) is -0.812. The van der Waals surface area contributed by atoms with Crippen LogP contribution < -0.4 is 4.34 Å². The standard InChI is InChI=1S/C7H13Br2NO2/c1-2-7(10-9,6(11)12)4-3-5-8/h10H,2-5H2,1H3,(H,11,12)/t7-/m0/s1. The van der Waals surface area contributed by atoms with E-state index in [1.807, 2.05) is 6.92 Å². The normalized spacial score (nSPS) is 15.6. The predicted octanol–water partition coefficient (Wildman–Crippen LogP) is 2.29. The molecule has 0 saturated heterocycles. The van der Waals surface area contributed by atoms with Gasteiger partial charge in [0.25, 0.3) is 0 Å². The highest BCUT2D eigenvalue weighted by atomic mass is 79.9. The van der Waals surface area contributed by atoms with Gasteiger partial charge in [-0.05, 0) is 19.3 Å². The molecule has 0 aromatic rings. The van der Waals surface area contributed by atoms with Crippen molar-refractivity contribution >= 4 is 38.0 Å². The van der Waals surface area contributed by atoms with E-state index in [1.54, 1.807) is 0 Å². The van der Waals surface area contributed by atoms with E-state index < -0.39 is 11.5 Å². The fraction of sp³-hybridized carbons (Fsp3) is 0.857. The summed E-state index contributed by atoms with van der Waals surface area (Å²) in [4.78, 5) is 10.9. The van der Waals surface area contributed by atoms with Crippen molar-refractivity contribution in [2.75, 3.05) is 5.33 Å². The van der Waals surface area contributed by atoms with Gasteiger partial charge in [0.15, 0.2) is 0 Å². The lowest BCUT2D eigenvalue weighted by Gasteiger charge is -2.25. The molecule has 0 unspecified atom stereocenters. The van der Waals surface area contributed by atoms with E-state index in [9.17, 15) is 4.79 Å². The van der Waals surface area contributed by atoms with Crippen LogP contribution in [0.1, 0.15) is 26.2 Å². The molecule has 0 saturated carbocycles. The Labute approximate surface area is 89.4 Å². The maximum Gasteiger partial charge on any atom is 0.324 e. The van der Waals surface area contributed by atoms with Crippen LogP contribution in [-0.2, 0) is 4.79 Å². The number of rotatable bonds is 6. The summed E-state index contributed by atoms with van der Waals surface area (Å²) in [6.07, 6.45) is 2.04. The number of hydrogen-bond donors (Lipinski definition) is 2. The Morgan fingerprint density at radius 3 is 2.50 bits per heavy atom. The number of nitrogens with one attached hydrogen (secondary N) is 1. The average molecular weight is 303 g/mol. The van der Waals surface area contributed by atoms with Crippen molar-refractivity contribution in [2.24, 2.45) is 0 Å². The summed E-state index contributed by atoms with van der Waals surface area (Å²) in [5.74, 6) is -0.803. The molecule has 72 valence electrons. The van der Waals surface area contributed by atoms with Gasteiger partial charge in [-0.15, -0.1) is 0 Å². The second-order valence-electron chi connectivity index (χ2n) is 2.63. The first-order valence-corrected chi connectivity index (χ1v) is 5.71. The lowest BCUT2D eigenvalue weighted by molar-refractivity contribution is -0.144. The Morgan fingerprint density at radius 2 is 2.25 bits per heavy atom. The van der Waals surface area contributed by atoms with Crippen LogP contribution in [0.2, 0.25) is 0 Å². The van der Waals surface area contributed by atoms with E-state index >= 15 is 0 Å². The molecule has 0 spiro atoms. The summed E-state index contributed by atoms with van der Waals surface area (Å²) >= 11 is 6.29. The van der Waals surface area contributed by atoms with Crippen LogP contribution in [0.5, 0.6) is 0 Å². The summed E-state index contributed by atoms with van der Waals surface area (Å²) < 4.78 is 2.69. The topological polar surface area (TPSA) is 49.3 Å². The number of carbonyl (C=O) groups is 1. The maximum atomic E-state index is 10.9. The van der Waals surface area contributed by atoms with Crippen molar-refractivity contribution in [1.82, 2.24) is 4.34 Å². The van der Waals surface area contributed by atoms with Crippen molar-refractivity contribution in [3.8, 4) is 0 Å². The van der Waals surface area contributed by atoms with Gasteiger partial charge in [0, 0.05) is 21.5 Å². The molecule has 5 heteroatoms. The maximum absolute atomic E-state index is 10.9. The predicted molar refractivity (Wildman–Crippen MR) is 55.7 cm³/mol. The van der Waals surface area contributed by atoms with E-state index in [0.29, 0.717) is 12.8 Å². The number of alkyl halides is 1. The van der Waals surface area contributed by atoms with Crippen LogP contribution in [0.3, 0.4) is 0 Å². The van der Waals surface area contributed by atoms with Crippen molar-refractivity contribution in [3.05, 3.63) is 0 Å². The quantitative estimate of drug-likeness (QED) is 0.585. The van der Waals surface area contributed by atoms with Gasteiger partial charge < -0.3 is 5.11 Å². The zero-order valence-electron chi connectivity index (χ0n) is 6.94. The Balaban J connectivity index is 4.25. The molecule has 0 rings (SSSR count). The van der Waals surface area contributed by atoms with Crippen LogP contribution in [-0.4, -0.2) is 21.9 Å². The Morgan fingerprint density at radius 1 is 1.67 bits per heavy atom. The number of carboxylic acid groups (broad SMARTS) is 1. The molecule has 0 aromatic heterocycles. The van der Waals surface area contributed by atoms with Crippen LogP contribution >= 0.6 is 32.1 Å². The van der Waals surface area contributed by atoms with Crippen LogP contribution in [0.25, 0.3) is 0 Å². The fourth-order valence-electron chi connectivity index (χ4n) is 0.958. The van der Waals surface area contributed by atoms with Crippen molar-refractivity contribution in [3.63, 3.8) is 0 Å². The fourth-order valence-corrected chi connectivity index (χ4v) is 1.89. The molecule has 0 amide bonds. The minimum absolute atomic E-state index is 0.570. The zero-order valence-corrected chi connectivity index (χ0v) is 10.1. The molecule has 3 nitrogen and oxygen atoms in total. The molecular weight excluding hydrogens is 290 g/mol. The molecule has 1 atom stereocenters. The van der Waals surface area contributed by atoms with Crippen LogP contribution in [0.4, 0.5) is 0 Å². The lowest BCUT2D eigenvalue weighted by atomic mass is 9.92. The summed E-state index contributed by atoms with van der Waals surface area (Å²) in [6.45, 7) is 1.86. The third-order valence-electron chi connectivity index (χ3n) is 1.93. The Bertz CT molecular complexity index is 148. The minimum atomic E-state index is -0.812. The Kier molecular flexibility index (Phi) is 6.13. The highest BCUT2D eigenvalue weighted by molar-refractivity contribution is 9.09. The molecule has 0 aromatic carbocycles. The first-order chi connectivity index (χ1) is 5.63. The monoisotopic (exact) mass is 301 g/mol. The van der Waals surface area contributed by atoms with Gasteiger partial charge in [0.2, 0.25) is 0 Å². The van der Waals surface area contributed by atoms with E-state index in [0.717, 1.165) is 11.8 Å². The summed E-state index contributed by atoms with van der Waals surface area (Å²) in [6, 6.07) is 0. The molecule has 0 bridgehead atoms. The van der Waals surface area contributed by atoms with Gasteiger partial charge >= 0.3 is 5.97 Å². The first-order valence-electron chi connectivity index (χ1n) is 3.80. The Hall–Kier alpha value is 0.390. The highest BCUT2D eigenvalue weighted by Gasteiger charge is 2.34. The number of halogens is 2. The number of hydrogen-bond acceptors (Lipinski definition) is 2. The summed E-state index contributed by atoms with van der Waals surface area (Å²) in [7, 11) is 0. The van der Waals surface area contributed by atoms with Gasteiger partial charge in [0.05, 0.1) is 0 Å². The van der Waals surface area contributed by atoms with Crippen LogP contribution in [0.15, 0.2) is 0 Å². The molecule has 0 heterocycles. The van der Waals surface area contributed by atoms with Gasteiger partial charge in [0.1, 0.15) is 5.54 Å². The molecule has 0 fully saturated rings.